The van der Waals surface area contributed by atoms with E-state index in [9.17, 15) is 4.79 Å². The van der Waals surface area contributed by atoms with Crippen molar-refractivity contribution in [1.29, 1.82) is 0 Å². The summed E-state index contributed by atoms with van der Waals surface area (Å²) in [6.07, 6.45) is 1.01. The van der Waals surface area contributed by atoms with Gasteiger partial charge in [-0.25, -0.2) is 0 Å². The molecule has 11 heavy (non-hydrogen) atoms. The summed E-state index contributed by atoms with van der Waals surface area (Å²) in [5, 5.41) is 0. The van der Waals surface area contributed by atoms with Crippen molar-refractivity contribution in [2.45, 2.75) is 32.5 Å². The van der Waals surface area contributed by atoms with Crippen LogP contribution in [0.25, 0.3) is 0 Å². The van der Waals surface area contributed by atoms with Crippen LogP contribution in [0.1, 0.15) is 20.3 Å². The molecule has 0 N–H and O–H groups in total. The summed E-state index contributed by atoms with van der Waals surface area (Å²) in [6.45, 7) is 4.37. The second kappa shape index (κ2) is 1.97. The van der Waals surface area contributed by atoms with Crippen molar-refractivity contribution < 1.29 is 14.3 Å². The molecule has 3 nitrogen and oxygen atoms in total. The number of esters is 1. The van der Waals surface area contributed by atoms with E-state index >= 15 is 0 Å². The number of carbonyl (C=O) groups excluding carboxylic acids is 1. The first-order valence-electron chi connectivity index (χ1n) is 3.95. The molecule has 0 aromatic heterocycles. The van der Waals surface area contributed by atoms with Gasteiger partial charge in [0.15, 0.2) is 0 Å². The molecule has 2 saturated heterocycles. The molecule has 0 amide bonds. The Bertz CT molecular complexity index is 202. The molecule has 2 fully saturated rings. The number of fused-ring (bicyclic) bond motifs is 1. The van der Waals surface area contributed by atoms with Gasteiger partial charge in [-0.15, -0.1) is 0 Å². The van der Waals surface area contributed by atoms with Crippen molar-refractivity contribution in [3.63, 3.8) is 0 Å². The molecular formula is C8H12O3. The molecule has 2 heterocycles. The van der Waals surface area contributed by atoms with Gasteiger partial charge in [-0.1, -0.05) is 0 Å². The number of ether oxygens (including phenoxy) is 2. The number of hydrogen-bond donors (Lipinski definition) is 0. The highest BCUT2D eigenvalue weighted by Crippen LogP contribution is 2.43. The van der Waals surface area contributed by atoms with Crippen molar-refractivity contribution in [2.75, 3.05) is 6.61 Å². The van der Waals surface area contributed by atoms with E-state index in [-0.39, 0.29) is 23.6 Å². The summed E-state index contributed by atoms with van der Waals surface area (Å²) in [5.41, 5.74) is -0.348. The highest BCUT2D eigenvalue weighted by atomic mass is 16.6. The maximum Gasteiger partial charge on any atom is 0.314 e. The Labute approximate surface area is 65.7 Å². The molecule has 0 radical (unpaired) electrons. The van der Waals surface area contributed by atoms with Crippen LogP contribution in [0.4, 0.5) is 0 Å². The molecule has 2 rings (SSSR count). The van der Waals surface area contributed by atoms with Crippen LogP contribution < -0.4 is 0 Å². The molecule has 2 aliphatic heterocycles. The molecule has 0 spiro atoms. The fraction of sp³-hybridized carbons (Fsp3) is 0.875. The SMILES string of the molecule is CC1CC2(C)C(=O)OC[C@@H]2O1. The molecule has 0 bridgehead atoms. The predicted octanol–water partition coefficient (Wildman–Crippen LogP) is 0.727. The molecule has 0 aromatic carbocycles. The predicted molar refractivity (Wildman–Crippen MR) is 38.0 cm³/mol. The molecule has 3 heteroatoms. The van der Waals surface area contributed by atoms with Crippen LogP contribution in [0.15, 0.2) is 0 Å². The van der Waals surface area contributed by atoms with Crippen LogP contribution in [0.2, 0.25) is 0 Å². The summed E-state index contributed by atoms with van der Waals surface area (Å²) in [5.74, 6) is -0.0909. The monoisotopic (exact) mass is 156 g/mol. The van der Waals surface area contributed by atoms with E-state index in [2.05, 4.69) is 0 Å². The van der Waals surface area contributed by atoms with Gasteiger partial charge in [-0.2, -0.15) is 0 Å². The lowest BCUT2D eigenvalue weighted by atomic mass is 9.84. The van der Waals surface area contributed by atoms with Gasteiger partial charge < -0.3 is 9.47 Å². The lowest BCUT2D eigenvalue weighted by Crippen LogP contribution is -2.28. The van der Waals surface area contributed by atoms with Gasteiger partial charge in [0.2, 0.25) is 0 Å². The minimum atomic E-state index is -0.348. The Morgan fingerprint density at radius 2 is 2.36 bits per heavy atom. The molecule has 0 aromatic rings. The van der Waals surface area contributed by atoms with E-state index in [0.29, 0.717) is 6.61 Å². The second-order valence-corrected chi connectivity index (χ2v) is 3.66. The lowest BCUT2D eigenvalue weighted by Gasteiger charge is -2.14. The highest BCUT2D eigenvalue weighted by Gasteiger charge is 2.55. The van der Waals surface area contributed by atoms with Crippen molar-refractivity contribution in [3.05, 3.63) is 0 Å². The smallest absolute Gasteiger partial charge is 0.314 e. The zero-order valence-electron chi connectivity index (χ0n) is 6.79. The Balaban J connectivity index is 2.26. The zero-order chi connectivity index (χ0) is 8.06. The van der Waals surface area contributed by atoms with Gasteiger partial charge >= 0.3 is 5.97 Å². The number of hydrogen-bond acceptors (Lipinski definition) is 3. The minimum absolute atomic E-state index is 0.00463. The first-order chi connectivity index (χ1) is 5.13. The Kier molecular flexibility index (Phi) is 1.27. The van der Waals surface area contributed by atoms with E-state index < -0.39 is 0 Å². The third-order valence-corrected chi connectivity index (χ3v) is 2.65. The van der Waals surface area contributed by atoms with Crippen LogP contribution in [0, 0.1) is 5.41 Å². The fourth-order valence-corrected chi connectivity index (χ4v) is 1.96. The van der Waals surface area contributed by atoms with Crippen molar-refractivity contribution >= 4 is 5.97 Å². The van der Waals surface area contributed by atoms with Crippen LogP contribution in [-0.2, 0) is 14.3 Å². The zero-order valence-corrected chi connectivity index (χ0v) is 6.79. The van der Waals surface area contributed by atoms with Crippen molar-refractivity contribution in [2.24, 2.45) is 5.41 Å². The van der Waals surface area contributed by atoms with E-state index in [1.807, 2.05) is 13.8 Å². The van der Waals surface area contributed by atoms with Gasteiger partial charge in [-0.05, 0) is 20.3 Å². The second-order valence-electron chi connectivity index (χ2n) is 3.66. The fourth-order valence-electron chi connectivity index (χ4n) is 1.96. The molecule has 3 atom stereocenters. The summed E-state index contributed by atoms with van der Waals surface area (Å²) >= 11 is 0. The molecule has 62 valence electrons. The first-order valence-corrected chi connectivity index (χ1v) is 3.95. The maximum absolute atomic E-state index is 11.2. The van der Waals surface area contributed by atoms with Crippen LogP contribution in [0.5, 0.6) is 0 Å². The minimum Gasteiger partial charge on any atom is -0.462 e. The maximum atomic E-state index is 11.2. The van der Waals surface area contributed by atoms with Crippen molar-refractivity contribution in [1.82, 2.24) is 0 Å². The first kappa shape index (κ1) is 7.10. The topological polar surface area (TPSA) is 35.5 Å². The van der Waals surface area contributed by atoms with Crippen LogP contribution >= 0.6 is 0 Å². The normalized spacial score (nSPS) is 49.1. The van der Waals surface area contributed by atoms with E-state index in [1.165, 1.54) is 0 Å². The van der Waals surface area contributed by atoms with Gasteiger partial charge in [0.1, 0.15) is 12.7 Å². The van der Waals surface area contributed by atoms with E-state index in [4.69, 9.17) is 9.47 Å². The molecule has 0 aliphatic carbocycles. The molecule has 2 unspecified atom stereocenters. The van der Waals surface area contributed by atoms with E-state index in [1.54, 1.807) is 0 Å². The number of rotatable bonds is 0. The summed E-state index contributed by atoms with van der Waals surface area (Å²) in [6, 6.07) is 0. The average Bonchev–Trinajstić information content (AvgIpc) is 2.32. The standard InChI is InChI=1S/C8H12O3/c1-5-3-8(2)6(11-5)4-10-7(8)9/h5-6H,3-4H2,1-2H3/t5?,6-,8?/m0/s1. The molecule has 0 saturated carbocycles. The lowest BCUT2D eigenvalue weighted by molar-refractivity contribution is -0.145. The van der Waals surface area contributed by atoms with Gasteiger partial charge in [0.25, 0.3) is 0 Å². The average molecular weight is 156 g/mol. The highest BCUT2D eigenvalue weighted by molar-refractivity contribution is 5.79. The summed E-state index contributed by atoms with van der Waals surface area (Å²) in [7, 11) is 0. The van der Waals surface area contributed by atoms with E-state index in [0.717, 1.165) is 6.42 Å². The Morgan fingerprint density at radius 3 is 3.00 bits per heavy atom. The van der Waals surface area contributed by atoms with Gasteiger partial charge in [0, 0.05) is 0 Å². The molecular weight excluding hydrogens is 144 g/mol. The van der Waals surface area contributed by atoms with Gasteiger partial charge in [-0.3, -0.25) is 4.79 Å². The van der Waals surface area contributed by atoms with Crippen LogP contribution in [0.3, 0.4) is 0 Å². The largest absolute Gasteiger partial charge is 0.462 e. The molecule has 2 aliphatic rings. The quantitative estimate of drug-likeness (QED) is 0.485. The Morgan fingerprint density at radius 1 is 1.64 bits per heavy atom. The summed E-state index contributed by atoms with van der Waals surface area (Å²) in [4.78, 5) is 11.2. The number of carbonyl (C=O) groups is 1. The number of cyclic esters (lactones) is 1. The van der Waals surface area contributed by atoms with Crippen LogP contribution in [-0.4, -0.2) is 24.8 Å². The summed E-state index contributed by atoms with van der Waals surface area (Å²) < 4.78 is 10.4. The van der Waals surface area contributed by atoms with Gasteiger partial charge in [0.05, 0.1) is 11.5 Å². The van der Waals surface area contributed by atoms with Crippen molar-refractivity contribution in [3.8, 4) is 0 Å². The third-order valence-electron chi connectivity index (χ3n) is 2.65. The third kappa shape index (κ3) is 0.805. The Hall–Kier alpha value is -0.570.